The van der Waals surface area contributed by atoms with E-state index < -0.39 is 22.3 Å². The van der Waals surface area contributed by atoms with Crippen LogP contribution in [-0.4, -0.2) is 21.7 Å². The van der Waals surface area contributed by atoms with Crippen LogP contribution in [0.2, 0.25) is 0 Å². The first-order valence-electron chi connectivity index (χ1n) is 5.70. The topological polar surface area (TPSA) is 72.2 Å². The molecular weight excluding hydrogens is 319 g/mol. The number of amides is 1. The van der Waals surface area contributed by atoms with Gasteiger partial charge in [-0.3, -0.25) is 14.9 Å². The summed E-state index contributed by atoms with van der Waals surface area (Å²) in [6.07, 6.45) is 0.662. The van der Waals surface area contributed by atoms with Gasteiger partial charge in [-0.25, -0.2) is 4.39 Å². The van der Waals surface area contributed by atoms with Gasteiger partial charge >= 0.3 is 0 Å². The molecule has 0 saturated heterocycles. The van der Waals surface area contributed by atoms with Crippen molar-refractivity contribution in [2.24, 2.45) is 0 Å². The van der Waals surface area contributed by atoms with E-state index in [0.29, 0.717) is 6.42 Å². The van der Waals surface area contributed by atoms with Gasteiger partial charge in [0.2, 0.25) is 0 Å². The second kappa shape index (κ2) is 6.60. The highest BCUT2D eigenvalue weighted by Crippen LogP contribution is 2.19. The van der Waals surface area contributed by atoms with Crippen molar-refractivity contribution < 1.29 is 14.1 Å². The van der Waals surface area contributed by atoms with Crippen molar-refractivity contribution in [1.29, 1.82) is 0 Å². The van der Waals surface area contributed by atoms with Crippen LogP contribution in [0.1, 0.15) is 30.6 Å². The van der Waals surface area contributed by atoms with Crippen LogP contribution in [0.15, 0.2) is 18.2 Å². The summed E-state index contributed by atoms with van der Waals surface area (Å²) in [7, 11) is 0. The molecule has 0 aliphatic heterocycles. The number of nitro benzene ring substituents is 1. The van der Waals surface area contributed by atoms with Gasteiger partial charge in [0.25, 0.3) is 11.6 Å². The molecule has 19 heavy (non-hydrogen) atoms. The molecule has 5 nitrogen and oxygen atoms in total. The third-order valence-corrected chi connectivity index (χ3v) is 2.83. The molecule has 0 aliphatic rings. The second-order valence-electron chi connectivity index (χ2n) is 4.31. The lowest BCUT2D eigenvalue weighted by Crippen LogP contribution is -2.34. The fraction of sp³-hybridized carbons (Fsp3) is 0.417. The van der Waals surface area contributed by atoms with Crippen LogP contribution in [0.3, 0.4) is 0 Å². The number of rotatable bonds is 5. The molecule has 0 radical (unpaired) electrons. The summed E-state index contributed by atoms with van der Waals surface area (Å²) in [6, 6.07) is 2.64. The standard InChI is InChI=1S/C12H14BrFN2O3/c1-7(13)5-8(2)15-12(17)10-6-9(14)3-4-11(10)16(18)19/h3-4,6-8H,5H2,1-2H3,(H,15,17). The third-order valence-electron chi connectivity index (χ3n) is 2.46. The van der Waals surface area contributed by atoms with Gasteiger partial charge in [-0.1, -0.05) is 22.9 Å². The summed E-state index contributed by atoms with van der Waals surface area (Å²) < 4.78 is 13.1. The molecule has 1 N–H and O–H groups in total. The fourth-order valence-corrected chi connectivity index (χ4v) is 2.26. The van der Waals surface area contributed by atoms with E-state index in [-0.39, 0.29) is 16.4 Å². The van der Waals surface area contributed by atoms with E-state index in [1.54, 1.807) is 6.92 Å². The summed E-state index contributed by atoms with van der Waals surface area (Å²) in [5, 5.41) is 13.4. The number of nitro groups is 1. The number of nitrogens with zero attached hydrogens (tertiary/aromatic N) is 1. The zero-order valence-corrected chi connectivity index (χ0v) is 12.1. The molecule has 1 aromatic rings. The maximum Gasteiger partial charge on any atom is 0.282 e. The Bertz CT molecular complexity index is 494. The van der Waals surface area contributed by atoms with Gasteiger partial charge in [-0.15, -0.1) is 0 Å². The third kappa shape index (κ3) is 4.59. The lowest BCUT2D eigenvalue weighted by Gasteiger charge is -2.15. The second-order valence-corrected chi connectivity index (χ2v) is 5.87. The first-order chi connectivity index (χ1) is 8.81. The molecule has 1 rings (SSSR count). The van der Waals surface area contributed by atoms with Crippen molar-refractivity contribution in [1.82, 2.24) is 5.32 Å². The van der Waals surface area contributed by atoms with Gasteiger partial charge in [-0.2, -0.15) is 0 Å². The first kappa shape index (κ1) is 15.6. The number of hydrogen-bond donors (Lipinski definition) is 1. The maximum atomic E-state index is 13.1. The van der Waals surface area contributed by atoms with Gasteiger partial charge in [0.15, 0.2) is 0 Å². The van der Waals surface area contributed by atoms with Gasteiger partial charge in [0, 0.05) is 16.9 Å². The summed E-state index contributed by atoms with van der Waals surface area (Å²) in [4.78, 5) is 22.2. The maximum absolute atomic E-state index is 13.1. The number of carbonyl (C=O) groups is 1. The fourth-order valence-electron chi connectivity index (χ4n) is 1.70. The Morgan fingerprint density at radius 3 is 2.68 bits per heavy atom. The zero-order valence-electron chi connectivity index (χ0n) is 10.5. The van der Waals surface area contributed by atoms with E-state index in [0.717, 1.165) is 18.2 Å². The van der Waals surface area contributed by atoms with E-state index in [1.807, 2.05) is 6.92 Å². The summed E-state index contributed by atoms with van der Waals surface area (Å²) in [6.45, 7) is 3.70. The van der Waals surface area contributed by atoms with Crippen LogP contribution in [0.25, 0.3) is 0 Å². The van der Waals surface area contributed by atoms with Gasteiger partial charge in [-0.05, 0) is 25.5 Å². The predicted octanol–water partition coefficient (Wildman–Crippen LogP) is 3.03. The Hall–Kier alpha value is -1.50. The molecule has 0 saturated carbocycles. The van der Waals surface area contributed by atoms with Crippen LogP contribution in [0.5, 0.6) is 0 Å². The first-order valence-corrected chi connectivity index (χ1v) is 6.61. The Morgan fingerprint density at radius 1 is 1.53 bits per heavy atom. The number of nitrogens with one attached hydrogen (secondary N) is 1. The highest BCUT2D eigenvalue weighted by molar-refractivity contribution is 9.09. The van der Waals surface area contributed by atoms with Crippen molar-refractivity contribution in [2.75, 3.05) is 0 Å². The molecule has 2 unspecified atom stereocenters. The van der Waals surface area contributed by atoms with Gasteiger partial charge in [0.1, 0.15) is 11.4 Å². The number of carbonyl (C=O) groups excluding carboxylic acids is 1. The minimum atomic E-state index is -0.702. The number of alkyl halides is 1. The average Bonchev–Trinajstić information content (AvgIpc) is 2.26. The predicted molar refractivity (Wildman–Crippen MR) is 73.0 cm³/mol. The SMILES string of the molecule is CC(Br)CC(C)NC(=O)c1cc(F)ccc1[N+](=O)[O-]. The smallest absolute Gasteiger partial charge is 0.282 e. The molecule has 2 atom stereocenters. The summed E-state index contributed by atoms with van der Waals surface area (Å²) in [5.74, 6) is -1.33. The van der Waals surface area contributed by atoms with E-state index in [4.69, 9.17) is 0 Å². The molecular formula is C12H14BrFN2O3. The van der Waals surface area contributed by atoms with Crippen LogP contribution in [0.4, 0.5) is 10.1 Å². The zero-order chi connectivity index (χ0) is 14.6. The Balaban J connectivity index is 2.92. The molecule has 0 heterocycles. The van der Waals surface area contributed by atoms with E-state index in [9.17, 15) is 19.3 Å². The van der Waals surface area contributed by atoms with Crippen molar-refractivity contribution >= 4 is 27.5 Å². The van der Waals surface area contributed by atoms with Crippen LogP contribution in [0, 0.1) is 15.9 Å². The molecule has 1 aromatic carbocycles. The number of benzene rings is 1. The average molecular weight is 333 g/mol. The molecule has 0 fully saturated rings. The monoisotopic (exact) mass is 332 g/mol. The molecule has 104 valence electrons. The van der Waals surface area contributed by atoms with Crippen LogP contribution >= 0.6 is 15.9 Å². The molecule has 7 heteroatoms. The number of halogens is 2. The van der Waals surface area contributed by atoms with Crippen molar-refractivity contribution in [2.45, 2.75) is 31.1 Å². The quantitative estimate of drug-likeness (QED) is 0.511. The normalized spacial score (nSPS) is 13.7. The van der Waals surface area contributed by atoms with Gasteiger partial charge < -0.3 is 5.32 Å². The van der Waals surface area contributed by atoms with Gasteiger partial charge in [0.05, 0.1) is 4.92 Å². The minimum Gasteiger partial charge on any atom is -0.349 e. The summed E-state index contributed by atoms with van der Waals surface area (Å²) in [5.41, 5.74) is -0.669. The summed E-state index contributed by atoms with van der Waals surface area (Å²) >= 11 is 3.35. The molecule has 0 aromatic heterocycles. The van der Waals surface area contributed by atoms with E-state index in [2.05, 4.69) is 21.2 Å². The van der Waals surface area contributed by atoms with Crippen LogP contribution in [-0.2, 0) is 0 Å². The van der Waals surface area contributed by atoms with Crippen molar-refractivity contribution in [3.63, 3.8) is 0 Å². The van der Waals surface area contributed by atoms with Crippen molar-refractivity contribution in [3.8, 4) is 0 Å². The lowest BCUT2D eigenvalue weighted by atomic mass is 10.1. The lowest BCUT2D eigenvalue weighted by molar-refractivity contribution is -0.385. The Kier molecular flexibility index (Phi) is 5.41. The molecule has 0 aliphatic carbocycles. The molecule has 1 amide bonds. The Morgan fingerprint density at radius 2 is 2.16 bits per heavy atom. The van der Waals surface area contributed by atoms with E-state index in [1.165, 1.54) is 0 Å². The van der Waals surface area contributed by atoms with Crippen molar-refractivity contribution in [3.05, 3.63) is 39.7 Å². The van der Waals surface area contributed by atoms with E-state index >= 15 is 0 Å². The molecule has 0 bridgehead atoms. The Labute approximate surface area is 118 Å². The van der Waals surface area contributed by atoms with Crippen LogP contribution < -0.4 is 5.32 Å². The highest BCUT2D eigenvalue weighted by atomic mass is 79.9. The highest BCUT2D eigenvalue weighted by Gasteiger charge is 2.22. The molecule has 0 spiro atoms. The largest absolute Gasteiger partial charge is 0.349 e. The number of hydrogen-bond acceptors (Lipinski definition) is 3. The minimum absolute atomic E-state index is 0.176.